The number of carbonyl (C=O) groups excluding carboxylic acids is 1. The Hall–Kier alpha value is -2.34. The Kier molecular flexibility index (Phi) is 4.11. The molecule has 6 heteroatoms. The summed E-state index contributed by atoms with van der Waals surface area (Å²) in [4.78, 5) is 18.2. The van der Waals surface area contributed by atoms with E-state index in [4.69, 9.17) is 9.47 Å². The third-order valence-electron chi connectivity index (χ3n) is 3.10. The van der Waals surface area contributed by atoms with E-state index in [1.807, 2.05) is 18.3 Å². The van der Waals surface area contributed by atoms with Gasteiger partial charge in [-0.25, -0.2) is 14.8 Å². The Balaban J connectivity index is 1.96. The lowest BCUT2D eigenvalue weighted by molar-refractivity contribution is -0.348. The van der Waals surface area contributed by atoms with Crippen molar-refractivity contribution in [3.05, 3.63) is 52.8 Å². The van der Waals surface area contributed by atoms with Gasteiger partial charge < -0.3 is 9.47 Å². The molecule has 0 radical (unpaired) electrons. The molecular formula is C16H14BrN2O3+. The number of esters is 1. The first-order valence-corrected chi connectivity index (χ1v) is 7.60. The number of pyridine rings is 1. The third-order valence-corrected chi connectivity index (χ3v) is 3.60. The predicted octanol–water partition coefficient (Wildman–Crippen LogP) is 3.71. The topological polar surface area (TPSA) is 65.5 Å². The number of carbonyl (C=O) groups is 1. The van der Waals surface area contributed by atoms with Gasteiger partial charge in [0.2, 0.25) is 0 Å². The first-order valence-electron chi connectivity index (χ1n) is 6.80. The van der Waals surface area contributed by atoms with Crippen LogP contribution in [-0.2, 0) is 4.74 Å². The standard InChI is InChI=1S/C16H13BrN2O3/c1-2-21-16(20)13-4-3-11(17)8-14(13)22-12-7-10-5-6-18-15(10)19-9-12/h3-9H,2H2,1H3,(H,18,19)/p+1. The van der Waals surface area contributed by atoms with Gasteiger partial charge in [-0.05, 0) is 31.2 Å². The molecular weight excluding hydrogens is 348 g/mol. The van der Waals surface area contributed by atoms with E-state index in [2.05, 4.69) is 25.9 Å². The first kappa shape index (κ1) is 14.6. The molecule has 2 aromatic heterocycles. The maximum Gasteiger partial charge on any atom is 0.341 e. The summed E-state index contributed by atoms with van der Waals surface area (Å²) in [5.41, 5.74) is 1.30. The van der Waals surface area contributed by atoms with Crippen molar-refractivity contribution in [1.82, 2.24) is 4.98 Å². The van der Waals surface area contributed by atoms with E-state index in [9.17, 15) is 4.79 Å². The summed E-state index contributed by atoms with van der Waals surface area (Å²) < 4.78 is 11.7. The number of ether oxygens (including phenoxy) is 2. The zero-order chi connectivity index (χ0) is 15.5. The summed E-state index contributed by atoms with van der Waals surface area (Å²) in [5, 5.41) is 0.991. The van der Waals surface area contributed by atoms with Gasteiger partial charge in [-0.1, -0.05) is 15.9 Å². The number of rotatable bonds is 4. The summed E-state index contributed by atoms with van der Waals surface area (Å²) in [6.07, 6.45) is 3.57. The molecule has 0 bridgehead atoms. The molecule has 0 aliphatic carbocycles. The summed E-state index contributed by atoms with van der Waals surface area (Å²) in [6, 6.07) is 9.02. The number of hydrogen-bond donors (Lipinski definition) is 1. The Morgan fingerprint density at radius 1 is 1.32 bits per heavy atom. The van der Waals surface area contributed by atoms with E-state index in [-0.39, 0.29) is 0 Å². The van der Waals surface area contributed by atoms with Gasteiger partial charge in [0.05, 0.1) is 18.2 Å². The molecule has 0 amide bonds. The van der Waals surface area contributed by atoms with Crippen molar-refractivity contribution in [2.75, 3.05) is 6.61 Å². The van der Waals surface area contributed by atoms with Crippen LogP contribution in [0.5, 0.6) is 11.5 Å². The Bertz CT molecular complexity index is 829. The Labute approximate surface area is 135 Å². The molecule has 3 rings (SSSR count). The van der Waals surface area contributed by atoms with Crippen LogP contribution >= 0.6 is 15.9 Å². The average Bonchev–Trinajstić information content (AvgIpc) is 2.95. The van der Waals surface area contributed by atoms with Gasteiger partial charge in [-0.15, -0.1) is 0 Å². The Morgan fingerprint density at radius 3 is 3.00 bits per heavy atom. The lowest BCUT2D eigenvalue weighted by Gasteiger charge is -2.10. The Morgan fingerprint density at radius 2 is 2.18 bits per heavy atom. The quantitative estimate of drug-likeness (QED) is 0.720. The zero-order valence-corrected chi connectivity index (χ0v) is 13.4. The van der Waals surface area contributed by atoms with Crippen LogP contribution in [0.3, 0.4) is 0 Å². The van der Waals surface area contributed by atoms with Crippen molar-refractivity contribution in [1.29, 1.82) is 0 Å². The van der Waals surface area contributed by atoms with Crippen molar-refractivity contribution in [2.24, 2.45) is 0 Å². The molecule has 0 aliphatic rings. The minimum Gasteiger partial charge on any atom is -0.462 e. The van der Waals surface area contributed by atoms with Crippen molar-refractivity contribution >= 4 is 32.9 Å². The van der Waals surface area contributed by atoms with Crippen LogP contribution < -0.4 is 9.72 Å². The van der Waals surface area contributed by atoms with Gasteiger partial charge in [0, 0.05) is 10.5 Å². The third kappa shape index (κ3) is 2.96. The molecule has 0 saturated carbocycles. The molecule has 2 N–H and O–H groups in total. The summed E-state index contributed by atoms with van der Waals surface area (Å²) in [7, 11) is 0. The van der Waals surface area contributed by atoms with Crippen LogP contribution in [0.4, 0.5) is 0 Å². The molecule has 112 valence electrons. The molecule has 0 fully saturated rings. The molecule has 0 spiro atoms. The van der Waals surface area contributed by atoms with Gasteiger partial charge in [-0.2, -0.15) is 0 Å². The summed E-state index contributed by atoms with van der Waals surface area (Å²) in [5.74, 6) is 0.642. The van der Waals surface area contributed by atoms with Gasteiger partial charge in [0.15, 0.2) is 5.75 Å². The van der Waals surface area contributed by atoms with Crippen LogP contribution in [-0.4, -0.2) is 17.6 Å². The number of aromatic amines is 2. The second-order valence-corrected chi connectivity index (χ2v) is 5.52. The fourth-order valence-electron chi connectivity index (χ4n) is 2.11. The highest BCUT2D eigenvalue weighted by atomic mass is 79.9. The maximum atomic E-state index is 12.0. The number of H-pyrrole nitrogens is 2. The molecule has 22 heavy (non-hydrogen) atoms. The van der Waals surface area contributed by atoms with Crippen molar-refractivity contribution in [2.45, 2.75) is 6.92 Å². The van der Waals surface area contributed by atoms with Crippen LogP contribution in [0, 0.1) is 0 Å². The largest absolute Gasteiger partial charge is 0.462 e. The van der Waals surface area contributed by atoms with E-state index >= 15 is 0 Å². The summed E-state index contributed by atoms with van der Waals surface area (Å²) >= 11 is 3.39. The van der Waals surface area contributed by atoms with Gasteiger partial charge in [0.1, 0.15) is 17.5 Å². The monoisotopic (exact) mass is 361 g/mol. The molecule has 0 saturated heterocycles. The van der Waals surface area contributed by atoms with E-state index in [0.717, 1.165) is 15.5 Å². The van der Waals surface area contributed by atoms with E-state index in [1.54, 1.807) is 31.3 Å². The molecule has 1 aromatic carbocycles. The second-order valence-electron chi connectivity index (χ2n) is 4.61. The van der Waals surface area contributed by atoms with Crippen molar-refractivity contribution < 1.29 is 19.3 Å². The lowest BCUT2D eigenvalue weighted by atomic mass is 10.2. The highest BCUT2D eigenvalue weighted by Crippen LogP contribution is 2.29. The number of aromatic nitrogens is 2. The van der Waals surface area contributed by atoms with E-state index in [0.29, 0.717) is 23.7 Å². The molecule has 0 aliphatic heterocycles. The number of benzene rings is 1. The molecule has 5 nitrogen and oxygen atoms in total. The predicted molar refractivity (Wildman–Crippen MR) is 85.0 cm³/mol. The molecule has 3 aromatic rings. The first-order chi connectivity index (χ1) is 10.7. The van der Waals surface area contributed by atoms with Crippen molar-refractivity contribution in [3.8, 4) is 11.5 Å². The van der Waals surface area contributed by atoms with Gasteiger partial charge >= 0.3 is 5.97 Å². The lowest BCUT2D eigenvalue weighted by Crippen LogP contribution is -2.07. The highest BCUT2D eigenvalue weighted by Gasteiger charge is 2.16. The highest BCUT2D eigenvalue weighted by molar-refractivity contribution is 9.10. The van der Waals surface area contributed by atoms with Gasteiger partial charge in [0.25, 0.3) is 5.65 Å². The fraction of sp³-hybridized carbons (Fsp3) is 0.125. The minimum absolute atomic E-state index is 0.317. The number of nitrogens with one attached hydrogen (secondary N) is 2. The number of halogens is 1. The fourth-order valence-corrected chi connectivity index (χ4v) is 2.45. The van der Waals surface area contributed by atoms with Crippen LogP contribution in [0.2, 0.25) is 0 Å². The maximum absolute atomic E-state index is 12.0. The van der Waals surface area contributed by atoms with Crippen LogP contribution in [0.25, 0.3) is 11.0 Å². The average molecular weight is 362 g/mol. The number of fused-ring (bicyclic) bond motifs is 1. The second kappa shape index (κ2) is 6.19. The molecule has 2 heterocycles. The number of hydrogen-bond acceptors (Lipinski definition) is 3. The van der Waals surface area contributed by atoms with Crippen LogP contribution in [0.15, 0.2) is 47.2 Å². The molecule has 0 unspecified atom stereocenters. The normalized spacial score (nSPS) is 10.6. The van der Waals surface area contributed by atoms with Crippen molar-refractivity contribution in [3.63, 3.8) is 0 Å². The summed E-state index contributed by atoms with van der Waals surface area (Å²) in [6.45, 7) is 2.09. The minimum atomic E-state index is -0.406. The van der Waals surface area contributed by atoms with E-state index < -0.39 is 5.97 Å². The smallest absolute Gasteiger partial charge is 0.341 e. The SMILES string of the molecule is CCOC(=O)c1ccc(Br)cc1Oc1c[nH+]c2[nH]ccc2c1. The van der Waals surface area contributed by atoms with Crippen LogP contribution in [0.1, 0.15) is 17.3 Å². The molecule has 0 atom stereocenters. The van der Waals surface area contributed by atoms with E-state index in [1.165, 1.54) is 0 Å². The van der Waals surface area contributed by atoms with Gasteiger partial charge in [-0.3, -0.25) is 0 Å². The zero-order valence-electron chi connectivity index (χ0n) is 11.9.